The SMILES string of the molecule is CC(C)(CBr)c1cccc(F)c1. The van der Waals surface area contributed by atoms with Crippen LogP contribution in [0.5, 0.6) is 0 Å². The number of rotatable bonds is 2. The van der Waals surface area contributed by atoms with Crippen molar-refractivity contribution in [2.75, 3.05) is 5.33 Å². The van der Waals surface area contributed by atoms with Gasteiger partial charge in [-0.3, -0.25) is 0 Å². The lowest BCUT2D eigenvalue weighted by Crippen LogP contribution is -2.18. The summed E-state index contributed by atoms with van der Waals surface area (Å²) in [6, 6.07) is 6.74. The highest BCUT2D eigenvalue weighted by Crippen LogP contribution is 2.25. The van der Waals surface area contributed by atoms with Crippen LogP contribution in [0.1, 0.15) is 19.4 Å². The van der Waals surface area contributed by atoms with Crippen molar-refractivity contribution in [3.8, 4) is 0 Å². The zero-order chi connectivity index (χ0) is 9.19. The van der Waals surface area contributed by atoms with E-state index in [0.29, 0.717) is 0 Å². The fourth-order valence-corrected chi connectivity index (χ4v) is 1.31. The average Bonchev–Trinajstić information content (AvgIpc) is 2.05. The molecule has 1 rings (SSSR count). The number of benzene rings is 1. The van der Waals surface area contributed by atoms with Crippen LogP contribution in [0.25, 0.3) is 0 Å². The molecule has 0 N–H and O–H groups in total. The van der Waals surface area contributed by atoms with Gasteiger partial charge in [-0.1, -0.05) is 41.9 Å². The maximum absolute atomic E-state index is 12.8. The molecule has 2 heteroatoms. The molecule has 0 saturated heterocycles. The van der Waals surface area contributed by atoms with Gasteiger partial charge in [0.15, 0.2) is 0 Å². The van der Waals surface area contributed by atoms with Crippen LogP contribution in [-0.4, -0.2) is 5.33 Å². The smallest absolute Gasteiger partial charge is 0.123 e. The van der Waals surface area contributed by atoms with Gasteiger partial charge in [0.05, 0.1) is 0 Å². The molecule has 0 nitrogen and oxygen atoms in total. The van der Waals surface area contributed by atoms with Gasteiger partial charge in [-0.05, 0) is 23.1 Å². The molecule has 0 spiro atoms. The van der Waals surface area contributed by atoms with Crippen LogP contribution in [0.3, 0.4) is 0 Å². The van der Waals surface area contributed by atoms with Crippen molar-refractivity contribution in [3.63, 3.8) is 0 Å². The summed E-state index contributed by atoms with van der Waals surface area (Å²) in [7, 11) is 0. The first kappa shape index (κ1) is 9.72. The molecule has 0 heterocycles. The molecular formula is C10H12BrF. The lowest BCUT2D eigenvalue weighted by molar-refractivity contribution is 0.583. The molecule has 0 saturated carbocycles. The number of hydrogen-bond donors (Lipinski definition) is 0. The molecular weight excluding hydrogens is 219 g/mol. The van der Waals surface area contributed by atoms with Crippen molar-refractivity contribution in [2.45, 2.75) is 19.3 Å². The molecule has 1 aromatic rings. The topological polar surface area (TPSA) is 0 Å². The molecule has 0 aliphatic heterocycles. The monoisotopic (exact) mass is 230 g/mol. The van der Waals surface area contributed by atoms with Crippen molar-refractivity contribution in [1.29, 1.82) is 0 Å². The minimum Gasteiger partial charge on any atom is -0.207 e. The summed E-state index contributed by atoms with van der Waals surface area (Å²) in [5, 5.41) is 0.837. The van der Waals surface area contributed by atoms with Crippen molar-refractivity contribution in [1.82, 2.24) is 0 Å². The van der Waals surface area contributed by atoms with Gasteiger partial charge in [-0.2, -0.15) is 0 Å². The maximum atomic E-state index is 12.8. The van der Waals surface area contributed by atoms with Crippen LogP contribution in [0.2, 0.25) is 0 Å². The molecule has 0 bridgehead atoms. The van der Waals surface area contributed by atoms with Gasteiger partial charge in [-0.25, -0.2) is 4.39 Å². The van der Waals surface area contributed by atoms with E-state index in [0.717, 1.165) is 10.9 Å². The van der Waals surface area contributed by atoms with Gasteiger partial charge in [0.2, 0.25) is 0 Å². The molecule has 0 aromatic heterocycles. The summed E-state index contributed by atoms with van der Waals surface area (Å²) in [6.45, 7) is 4.16. The van der Waals surface area contributed by atoms with E-state index in [1.54, 1.807) is 12.1 Å². The molecule has 12 heavy (non-hydrogen) atoms. The van der Waals surface area contributed by atoms with Crippen LogP contribution in [0, 0.1) is 5.82 Å². The second-order valence-corrected chi connectivity index (χ2v) is 4.09. The molecule has 0 amide bonds. The third-order valence-corrected chi connectivity index (χ3v) is 3.34. The molecule has 0 aliphatic rings. The zero-order valence-electron chi connectivity index (χ0n) is 7.27. The van der Waals surface area contributed by atoms with E-state index in [9.17, 15) is 4.39 Å². The average molecular weight is 231 g/mol. The number of hydrogen-bond acceptors (Lipinski definition) is 0. The van der Waals surface area contributed by atoms with E-state index < -0.39 is 0 Å². The minimum absolute atomic E-state index is 0.00208. The van der Waals surface area contributed by atoms with Crippen molar-refractivity contribution in [2.24, 2.45) is 0 Å². The molecule has 1 aromatic carbocycles. The Hall–Kier alpha value is -0.370. The summed E-state index contributed by atoms with van der Waals surface area (Å²) in [4.78, 5) is 0. The van der Waals surface area contributed by atoms with Crippen LogP contribution >= 0.6 is 15.9 Å². The molecule has 0 fully saturated rings. The molecule has 0 atom stereocenters. The van der Waals surface area contributed by atoms with Crippen molar-refractivity contribution in [3.05, 3.63) is 35.6 Å². The van der Waals surface area contributed by atoms with E-state index in [2.05, 4.69) is 29.8 Å². The standard InChI is InChI=1S/C10H12BrF/c1-10(2,7-11)8-4-3-5-9(12)6-8/h3-6H,7H2,1-2H3. The van der Waals surface area contributed by atoms with Gasteiger partial charge < -0.3 is 0 Å². The molecule has 66 valence electrons. The van der Waals surface area contributed by atoms with E-state index in [-0.39, 0.29) is 11.2 Å². The highest BCUT2D eigenvalue weighted by Gasteiger charge is 2.18. The van der Waals surface area contributed by atoms with Gasteiger partial charge >= 0.3 is 0 Å². The molecule has 0 radical (unpaired) electrons. The van der Waals surface area contributed by atoms with Gasteiger partial charge in [-0.15, -0.1) is 0 Å². The molecule has 0 aliphatic carbocycles. The Kier molecular flexibility index (Phi) is 2.89. The Balaban J connectivity index is 3.03. The summed E-state index contributed by atoms with van der Waals surface area (Å²) in [5.74, 6) is -0.165. The van der Waals surface area contributed by atoms with E-state index >= 15 is 0 Å². The maximum Gasteiger partial charge on any atom is 0.123 e. The summed E-state index contributed by atoms with van der Waals surface area (Å²) in [6.07, 6.45) is 0. The van der Waals surface area contributed by atoms with E-state index in [4.69, 9.17) is 0 Å². The predicted octanol–water partition coefficient (Wildman–Crippen LogP) is 3.50. The normalized spacial score (nSPS) is 11.7. The largest absolute Gasteiger partial charge is 0.207 e. The van der Waals surface area contributed by atoms with Gasteiger partial charge in [0, 0.05) is 5.33 Å². The van der Waals surface area contributed by atoms with Crippen LogP contribution in [0.15, 0.2) is 24.3 Å². The number of alkyl halides is 1. The predicted molar refractivity (Wildman–Crippen MR) is 53.2 cm³/mol. The van der Waals surface area contributed by atoms with Crippen molar-refractivity contribution >= 4 is 15.9 Å². The van der Waals surface area contributed by atoms with Crippen molar-refractivity contribution < 1.29 is 4.39 Å². The quantitative estimate of drug-likeness (QED) is 0.683. The Morgan fingerprint density at radius 3 is 2.58 bits per heavy atom. The zero-order valence-corrected chi connectivity index (χ0v) is 8.86. The Labute approximate surface area is 80.9 Å². The summed E-state index contributed by atoms with van der Waals surface area (Å²) in [5.41, 5.74) is 1.03. The van der Waals surface area contributed by atoms with E-state index in [1.807, 2.05) is 6.07 Å². The lowest BCUT2D eigenvalue weighted by Gasteiger charge is -2.21. The van der Waals surface area contributed by atoms with Gasteiger partial charge in [0.25, 0.3) is 0 Å². The summed E-state index contributed by atoms with van der Waals surface area (Å²) >= 11 is 3.41. The Morgan fingerprint density at radius 1 is 1.42 bits per heavy atom. The second-order valence-electron chi connectivity index (χ2n) is 3.53. The number of halogens is 2. The Bertz CT molecular complexity index is 268. The highest BCUT2D eigenvalue weighted by atomic mass is 79.9. The first-order valence-corrected chi connectivity index (χ1v) is 5.00. The Morgan fingerprint density at radius 2 is 2.08 bits per heavy atom. The van der Waals surface area contributed by atoms with Crippen LogP contribution in [0.4, 0.5) is 4.39 Å². The van der Waals surface area contributed by atoms with Crippen LogP contribution in [-0.2, 0) is 5.41 Å². The third kappa shape index (κ3) is 2.07. The first-order chi connectivity index (χ1) is 5.56. The fraction of sp³-hybridized carbons (Fsp3) is 0.400. The lowest BCUT2D eigenvalue weighted by atomic mass is 9.87. The van der Waals surface area contributed by atoms with E-state index in [1.165, 1.54) is 6.07 Å². The third-order valence-electron chi connectivity index (χ3n) is 1.94. The van der Waals surface area contributed by atoms with Crippen LogP contribution < -0.4 is 0 Å². The summed E-state index contributed by atoms with van der Waals surface area (Å²) < 4.78 is 12.8. The molecule has 0 unspecified atom stereocenters. The fourth-order valence-electron chi connectivity index (χ4n) is 0.987. The second kappa shape index (κ2) is 3.56. The highest BCUT2D eigenvalue weighted by molar-refractivity contribution is 9.09. The van der Waals surface area contributed by atoms with Gasteiger partial charge in [0.1, 0.15) is 5.82 Å². The first-order valence-electron chi connectivity index (χ1n) is 3.88. The minimum atomic E-state index is -0.165.